The van der Waals surface area contributed by atoms with E-state index in [0.717, 1.165) is 16.4 Å². The summed E-state index contributed by atoms with van der Waals surface area (Å²) in [6.07, 6.45) is 1.51. The monoisotopic (exact) mass is 448 g/mol. The summed E-state index contributed by atoms with van der Waals surface area (Å²) in [4.78, 5) is 25.0. The largest absolute Gasteiger partial charge is 0.544 e. The topological polar surface area (TPSA) is 62.5 Å². The molecule has 0 N–H and O–H groups in total. The highest BCUT2D eigenvalue weighted by Crippen LogP contribution is 2.37. The molecule has 0 bridgehead atoms. The molecule has 0 fully saturated rings. The Bertz CT molecular complexity index is 965. The van der Waals surface area contributed by atoms with Crippen molar-refractivity contribution in [2.24, 2.45) is 0 Å². The Hall–Kier alpha value is -1.91. The van der Waals surface area contributed by atoms with E-state index in [4.69, 9.17) is 9.16 Å². The molecule has 1 aromatic carbocycles. The molecule has 0 aliphatic rings. The molecule has 30 heavy (non-hydrogen) atoms. The van der Waals surface area contributed by atoms with Crippen LogP contribution in [0.1, 0.15) is 20.8 Å². The van der Waals surface area contributed by atoms with Crippen molar-refractivity contribution in [2.75, 3.05) is 6.61 Å². The first-order valence-electron chi connectivity index (χ1n) is 10.4. The van der Waals surface area contributed by atoms with Gasteiger partial charge in [-0.1, -0.05) is 40.4 Å². The van der Waals surface area contributed by atoms with Gasteiger partial charge in [-0.15, -0.1) is 0 Å². The minimum absolute atomic E-state index is 0.0322. The molecule has 0 atom stereocenters. The van der Waals surface area contributed by atoms with Gasteiger partial charge in [-0.25, -0.2) is 9.36 Å². The van der Waals surface area contributed by atoms with Crippen LogP contribution in [0.5, 0.6) is 5.75 Å². The average molecular weight is 449 g/mol. The van der Waals surface area contributed by atoms with E-state index >= 15 is 0 Å². The number of hydrogen-bond donors (Lipinski definition) is 0. The maximum atomic E-state index is 12.9. The van der Waals surface area contributed by atoms with Crippen LogP contribution in [-0.2, 0) is 11.5 Å². The van der Waals surface area contributed by atoms with Gasteiger partial charge in [0.25, 0.3) is 5.56 Å². The first kappa shape index (κ1) is 24.4. The van der Waals surface area contributed by atoms with Crippen LogP contribution in [0.3, 0.4) is 0 Å². The number of benzene rings is 1. The van der Waals surface area contributed by atoms with E-state index < -0.39 is 22.1 Å². The Morgan fingerprint density at radius 1 is 0.933 bits per heavy atom. The van der Waals surface area contributed by atoms with E-state index in [9.17, 15) is 9.59 Å². The second kappa shape index (κ2) is 9.07. The molecule has 0 amide bonds. The minimum atomic E-state index is -1.93. The lowest BCUT2D eigenvalue weighted by molar-refractivity contribution is 0.0810. The molecule has 0 radical (unpaired) electrons. The molecule has 166 valence electrons. The van der Waals surface area contributed by atoms with E-state index in [2.05, 4.69) is 53.5 Å². The van der Waals surface area contributed by atoms with Gasteiger partial charge in [0.2, 0.25) is 8.32 Å². The van der Waals surface area contributed by atoms with E-state index in [0.29, 0.717) is 12.3 Å². The van der Waals surface area contributed by atoms with Gasteiger partial charge in [0.05, 0.1) is 5.69 Å². The average Bonchev–Trinajstić information content (AvgIpc) is 2.60. The van der Waals surface area contributed by atoms with Gasteiger partial charge in [-0.05, 0) is 48.4 Å². The highest BCUT2D eigenvalue weighted by molar-refractivity contribution is 6.76. The molecule has 6 nitrogen and oxygen atoms in total. The third kappa shape index (κ3) is 6.29. The molecule has 2 aromatic rings. The third-order valence-corrected chi connectivity index (χ3v) is 11.6. The predicted octanol–water partition coefficient (Wildman–Crippen LogP) is 4.70. The standard InChI is InChI=1S/C22H36N2O4Si2/c1-22(2,3)30(7,8)28-19-11-9-18(10-12-19)23-14-13-20(25)24(21(23)26)17-27-15-16-29(4,5)6/h9-14H,15-17H2,1-8H3. The van der Waals surface area contributed by atoms with Gasteiger partial charge in [-0.2, -0.15) is 0 Å². The molecule has 0 saturated carbocycles. The summed E-state index contributed by atoms with van der Waals surface area (Å²) in [5.74, 6) is 0.793. The minimum Gasteiger partial charge on any atom is -0.544 e. The second-order valence-corrected chi connectivity index (χ2v) is 20.8. The maximum Gasteiger partial charge on any atom is 0.337 e. The maximum absolute atomic E-state index is 12.9. The highest BCUT2D eigenvalue weighted by atomic mass is 28.4. The molecule has 0 aliphatic carbocycles. The molecule has 1 aromatic heterocycles. The SMILES string of the molecule is CC(C)(C)[Si](C)(C)Oc1ccc(-n2ccc(=O)n(COCC[Si](C)(C)C)c2=O)cc1. The zero-order valence-electron chi connectivity index (χ0n) is 19.6. The number of aromatic nitrogens is 2. The van der Waals surface area contributed by atoms with E-state index in [1.165, 1.54) is 16.8 Å². The number of nitrogens with zero attached hydrogens (tertiary/aromatic N) is 2. The van der Waals surface area contributed by atoms with Crippen molar-refractivity contribution in [2.45, 2.75) is 71.3 Å². The Kier molecular flexibility index (Phi) is 7.37. The first-order valence-corrected chi connectivity index (χ1v) is 17.0. The molecular weight excluding hydrogens is 412 g/mol. The molecular formula is C22H36N2O4Si2. The van der Waals surface area contributed by atoms with Crippen molar-refractivity contribution in [1.82, 2.24) is 9.13 Å². The summed E-state index contributed by atoms with van der Waals surface area (Å²) < 4.78 is 14.5. The Labute approximate surface area is 181 Å². The fourth-order valence-electron chi connectivity index (χ4n) is 2.49. The van der Waals surface area contributed by atoms with Gasteiger partial charge >= 0.3 is 5.69 Å². The zero-order valence-corrected chi connectivity index (χ0v) is 21.6. The Morgan fingerprint density at radius 3 is 2.07 bits per heavy atom. The number of hydrogen-bond acceptors (Lipinski definition) is 4. The summed E-state index contributed by atoms with van der Waals surface area (Å²) in [5.41, 5.74) is -0.0888. The zero-order chi connectivity index (χ0) is 22.7. The fourth-order valence-corrected chi connectivity index (χ4v) is 4.28. The summed E-state index contributed by atoms with van der Waals surface area (Å²) in [5, 5.41) is 0.105. The normalized spacial score (nSPS) is 12.8. The third-order valence-electron chi connectivity index (χ3n) is 5.58. The number of rotatable bonds is 8. The van der Waals surface area contributed by atoms with Crippen molar-refractivity contribution in [3.05, 3.63) is 57.4 Å². The lowest BCUT2D eigenvalue weighted by Gasteiger charge is -2.36. The smallest absolute Gasteiger partial charge is 0.337 e. The van der Waals surface area contributed by atoms with Crippen LogP contribution in [0.2, 0.25) is 43.8 Å². The lowest BCUT2D eigenvalue weighted by atomic mass is 10.2. The van der Waals surface area contributed by atoms with Crippen LogP contribution in [0.4, 0.5) is 0 Å². The Morgan fingerprint density at radius 2 is 1.53 bits per heavy atom. The molecule has 0 unspecified atom stereocenters. The van der Waals surface area contributed by atoms with Crippen LogP contribution in [0, 0.1) is 0 Å². The molecule has 8 heteroatoms. The second-order valence-electron chi connectivity index (χ2n) is 10.4. The van der Waals surface area contributed by atoms with Crippen molar-refractivity contribution < 1.29 is 9.16 Å². The number of ether oxygens (including phenoxy) is 1. The van der Waals surface area contributed by atoms with Gasteiger partial charge in [-0.3, -0.25) is 9.36 Å². The predicted molar refractivity (Wildman–Crippen MR) is 128 cm³/mol. The molecule has 0 aliphatic heterocycles. The van der Waals surface area contributed by atoms with Gasteiger partial charge in [0.1, 0.15) is 12.5 Å². The Balaban J connectivity index is 2.20. The van der Waals surface area contributed by atoms with Crippen LogP contribution in [-0.4, -0.2) is 32.1 Å². The van der Waals surface area contributed by atoms with Crippen LogP contribution in [0.25, 0.3) is 5.69 Å². The highest BCUT2D eigenvalue weighted by Gasteiger charge is 2.38. The van der Waals surface area contributed by atoms with Gasteiger partial charge in [0.15, 0.2) is 0 Å². The van der Waals surface area contributed by atoms with Gasteiger partial charge in [0, 0.05) is 26.9 Å². The molecule has 1 heterocycles. The molecule has 0 spiro atoms. The van der Waals surface area contributed by atoms with E-state index in [1.807, 2.05) is 24.3 Å². The van der Waals surface area contributed by atoms with Crippen molar-refractivity contribution in [3.63, 3.8) is 0 Å². The quantitative estimate of drug-likeness (QED) is 0.434. The molecule has 2 rings (SSSR count). The molecule has 0 saturated heterocycles. The summed E-state index contributed by atoms with van der Waals surface area (Å²) in [6, 6.07) is 9.81. The summed E-state index contributed by atoms with van der Waals surface area (Å²) in [6.45, 7) is 18.3. The van der Waals surface area contributed by atoms with E-state index in [-0.39, 0.29) is 17.3 Å². The van der Waals surface area contributed by atoms with Crippen molar-refractivity contribution >= 4 is 16.4 Å². The van der Waals surface area contributed by atoms with Crippen molar-refractivity contribution in [1.29, 1.82) is 0 Å². The van der Waals surface area contributed by atoms with E-state index in [1.54, 1.807) is 0 Å². The summed E-state index contributed by atoms with van der Waals surface area (Å²) in [7, 11) is -3.16. The van der Waals surface area contributed by atoms with Crippen LogP contribution in [0.15, 0.2) is 46.1 Å². The van der Waals surface area contributed by atoms with Gasteiger partial charge < -0.3 is 9.16 Å². The first-order chi connectivity index (χ1) is 13.7. The van der Waals surface area contributed by atoms with Crippen LogP contribution >= 0.6 is 0 Å². The van der Waals surface area contributed by atoms with Crippen molar-refractivity contribution in [3.8, 4) is 11.4 Å². The lowest BCUT2D eigenvalue weighted by Crippen LogP contribution is -2.43. The fraction of sp³-hybridized carbons (Fsp3) is 0.545. The summed E-state index contributed by atoms with van der Waals surface area (Å²) >= 11 is 0. The van der Waals surface area contributed by atoms with Crippen LogP contribution < -0.4 is 15.7 Å².